The maximum absolute atomic E-state index is 13.0. The number of benzene rings is 3. The molecule has 0 spiro atoms. The Morgan fingerprint density at radius 3 is 2.21 bits per heavy atom. The summed E-state index contributed by atoms with van der Waals surface area (Å²) in [6.45, 7) is 1.19. The molecule has 150 valence electrons. The SMILES string of the molecule is O=C(Cc1ccc(F)cc1)N1CCN(S(=O)(=O)c2ccc3ccccc3c2)CC1. The van der Waals surface area contributed by atoms with Crippen LogP contribution in [0.25, 0.3) is 10.8 Å². The molecule has 3 aromatic carbocycles. The number of amides is 1. The van der Waals surface area contributed by atoms with Crippen molar-refractivity contribution in [2.24, 2.45) is 0 Å². The third kappa shape index (κ3) is 4.16. The van der Waals surface area contributed by atoms with E-state index >= 15 is 0 Å². The highest BCUT2D eigenvalue weighted by molar-refractivity contribution is 7.89. The molecule has 0 atom stereocenters. The van der Waals surface area contributed by atoms with Crippen molar-refractivity contribution < 1.29 is 17.6 Å². The molecule has 0 N–H and O–H groups in total. The third-order valence-corrected chi connectivity index (χ3v) is 7.11. The van der Waals surface area contributed by atoms with Gasteiger partial charge in [-0.3, -0.25) is 4.79 Å². The molecule has 1 heterocycles. The first-order chi connectivity index (χ1) is 13.9. The van der Waals surface area contributed by atoms with Crippen molar-refractivity contribution in [1.82, 2.24) is 9.21 Å². The first-order valence-corrected chi connectivity index (χ1v) is 10.9. The van der Waals surface area contributed by atoms with Gasteiger partial charge in [0, 0.05) is 26.2 Å². The van der Waals surface area contributed by atoms with Gasteiger partial charge in [0.25, 0.3) is 0 Å². The number of nitrogens with zero attached hydrogens (tertiary/aromatic N) is 2. The summed E-state index contributed by atoms with van der Waals surface area (Å²) in [5.74, 6) is -0.423. The lowest BCUT2D eigenvalue weighted by Crippen LogP contribution is -2.50. The van der Waals surface area contributed by atoms with Gasteiger partial charge in [-0.15, -0.1) is 0 Å². The fourth-order valence-corrected chi connectivity index (χ4v) is 5.00. The van der Waals surface area contributed by atoms with Gasteiger partial charge in [0.15, 0.2) is 0 Å². The van der Waals surface area contributed by atoms with Gasteiger partial charge >= 0.3 is 0 Å². The second kappa shape index (κ2) is 7.93. The van der Waals surface area contributed by atoms with Crippen molar-refractivity contribution in [2.75, 3.05) is 26.2 Å². The lowest BCUT2D eigenvalue weighted by Gasteiger charge is -2.34. The topological polar surface area (TPSA) is 57.7 Å². The van der Waals surface area contributed by atoms with Crippen molar-refractivity contribution in [1.29, 1.82) is 0 Å². The Morgan fingerprint density at radius 1 is 0.862 bits per heavy atom. The molecule has 5 nitrogen and oxygen atoms in total. The van der Waals surface area contributed by atoms with Gasteiger partial charge in [-0.05, 0) is 40.6 Å². The van der Waals surface area contributed by atoms with Crippen LogP contribution in [0.15, 0.2) is 71.6 Å². The van der Waals surface area contributed by atoms with Crippen LogP contribution in [0.2, 0.25) is 0 Å². The normalized spacial score (nSPS) is 15.6. The van der Waals surface area contributed by atoms with E-state index in [1.807, 2.05) is 30.3 Å². The number of piperazine rings is 1. The molecule has 0 aromatic heterocycles. The third-order valence-electron chi connectivity index (χ3n) is 5.22. The molecule has 1 aliphatic rings. The predicted octanol–water partition coefficient (Wildman–Crippen LogP) is 3.05. The lowest BCUT2D eigenvalue weighted by molar-refractivity contribution is -0.131. The Balaban J connectivity index is 1.42. The Hall–Kier alpha value is -2.77. The maximum atomic E-state index is 13.0. The second-order valence-electron chi connectivity index (χ2n) is 7.10. The molecule has 0 bridgehead atoms. The van der Waals surface area contributed by atoms with Crippen LogP contribution in [-0.4, -0.2) is 49.7 Å². The molecular weight excluding hydrogens is 391 g/mol. The Labute approximate surface area is 169 Å². The number of halogens is 1. The average molecular weight is 412 g/mol. The highest BCUT2D eigenvalue weighted by Gasteiger charge is 2.30. The standard InChI is InChI=1S/C22H21FN2O3S/c23-20-8-5-17(6-9-20)15-22(26)24-11-13-25(14-12-24)29(27,28)21-10-7-18-3-1-2-4-19(18)16-21/h1-10,16H,11-15H2. The van der Waals surface area contributed by atoms with Gasteiger partial charge in [-0.2, -0.15) is 4.31 Å². The van der Waals surface area contributed by atoms with Crippen LogP contribution in [-0.2, 0) is 21.2 Å². The van der Waals surface area contributed by atoms with Gasteiger partial charge in [0.2, 0.25) is 15.9 Å². The summed E-state index contributed by atoms with van der Waals surface area (Å²) in [6, 6.07) is 18.6. The van der Waals surface area contributed by atoms with Crippen LogP contribution in [0.5, 0.6) is 0 Å². The van der Waals surface area contributed by atoms with Crippen molar-refractivity contribution in [3.8, 4) is 0 Å². The molecule has 0 unspecified atom stereocenters. The molecule has 3 aromatic rings. The monoisotopic (exact) mass is 412 g/mol. The fraction of sp³-hybridized carbons (Fsp3) is 0.227. The molecule has 0 radical (unpaired) electrons. The van der Waals surface area contributed by atoms with Gasteiger partial charge in [-0.1, -0.05) is 42.5 Å². The highest BCUT2D eigenvalue weighted by atomic mass is 32.2. The van der Waals surface area contributed by atoms with Crippen LogP contribution in [0, 0.1) is 5.82 Å². The lowest BCUT2D eigenvalue weighted by atomic mass is 10.1. The summed E-state index contributed by atoms with van der Waals surface area (Å²) in [5.41, 5.74) is 0.739. The fourth-order valence-electron chi connectivity index (χ4n) is 3.54. The Morgan fingerprint density at radius 2 is 1.52 bits per heavy atom. The number of hydrogen-bond acceptors (Lipinski definition) is 3. The summed E-state index contributed by atoms with van der Waals surface area (Å²) in [7, 11) is -3.61. The molecule has 7 heteroatoms. The zero-order chi connectivity index (χ0) is 20.4. The molecule has 29 heavy (non-hydrogen) atoms. The number of carbonyl (C=O) groups excluding carboxylic acids is 1. The molecular formula is C22H21FN2O3S. The summed E-state index contributed by atoms with van der Waals surface area (Å²) in [6.07, 6.45) is 0.178. The van der Waals surface area contributed by atoms with Crippen molar-refractivity contribution in [3.05, 3.63) is 78.1 Å². The summed E-state index contributed by atoms with van der Waals surface area (Å²) in [5, 5.41) is 1.87. The van der Waals surface area contributed by atoms with Crippen LogP contribution >= 0.6 is 0 Å². The van der Waals surface area contributed by atoms with Crippen molar-refractivity contribution in [2.45, 2.75) is 11.3 Å². The minimum absolute atomic E-state index is 0.0839. The van der Waals surface area contributed by atoms with Crippen LogP contribution < -0.4 is 0 Å². The van der Waals surface area contributed by atoms with Crippen LogP contribution in [0.3, 0.4) is 0 Å². The predicted molar refractivity (Wildman–Crippen MR) is 109 cm³/mol. The molecule has 1 amide bonds. The first kappa shape index (κ1) is 19.5. The molecule has 1 aliphatic heterocycles. The van der Waals surface area contributed by atoms with Crippen molar-refractivity contribution in [3.63, 3.8) is 0 Å². The van der Waals surface area contributed by atoms with E-state index in [1.54, 1.807) is 29.2 Å². The molecule has 0 saturated carbocycles. The largest absolute Gasteiger partial charge is 0.340 e. The van der Waals surface area contributed by atoms with Gasteiger partial charge in [0.05, 0.1) is 11.3 Å². The summed E-state index contributed by atoms with van der Waals surface area (Å²) < 4.78 is 40.5. The van der Waals surface area contributed by atoms with Gasteiger partial charge < -0.3 is 4.90 Å². The second-order valence-corrected chi connectivity index (χ2v) is 9.04. The number of rotatable bonds is 4. The number of carbonyl (C=O) groups is 1. The van der Waals surface area contributed by atoms with E-state index in [4.69, 9.17) is 0 Å². The van der Waals surface area contributed by atoms with Crippen LogP contribution in [0.1, 0.15) is 5.56 Å². The Kier molecular flexibility index (Phi) is 5.34. The average Bonchev–Trinajstić information content (AvgIpc) is 2.75. The van der Waals surface area contributed by atoms with E-state index in [0.29, 0.717) is 13.1 Å². The molecule has 4 rings (SSSR count). The van der Waals surface area contributed by atoms with E-state index in [-0.39, 0.29) is 36.1 Å². The smallest absolute Gasteiger partial charge is 0.243 e. The highest BCUT2D eigenvalue weighted by Crippen LogP contribution is 2.23. The zero-order valence-electron chi connectivity index (χ0n) is 15.8. The number of hydrogen-bond donors (Lipinski definition) is 0. The van der Waals surface area contributed by atoms with E-state index in [1.165, 1.54) is 16.4 Å². The Bertz CT molecular complexity index is 1140. The molecule has 0 aliphatic carbocycles. The van der Waals surface area contributed by atoms with Gasteiger partial charge in [-0.25, -0.2) is 12.8 Å². The number of fused-ring (bicyclic) bond motifs is 1. The van der Waals surface area contributed by atoms with E-state index in [9.17, 15) is 17.6 Å². The molecule has 1 saturated heterocycles. The van der Waals surface area contributed by atoms with Gasteiger partial charge in [0.1, 0.15) is 5.82 Å². The zero-order valence-corrected chi connectivity index (χ0v) is 16.6. The summed E-state index contributed by atoms with van der Waals surface area (Å²) in [4.78, 5) is 14.4. The van der Waals surface area contributed by atoms with Crippen molar-refractivity contribution >= 4 is 26.7 Å². The molecule has 1 fully saturated rings. The number of sulfonamides is 1. The van der Waals surface area contributed by atoms with E-state index < -0.39 is 10.0 Å². The quantitative estimate of drug-likeness (QED) is 0.662. The van der Waals surface area contributed by atoms with Crippen LogP contribution in [0.4, 0.5) is 4.39 Å². The van der Waals surface area contributed by atoms with E-state index in [0.717, 1.165) is 16.3 Å². The van der Waals surface area contributed by atoms with E-state index in [2.05, 4.69) is 0 Å². The minimum atomic E-state index is -3.61. The summed E-state index contributed by atoms with van der Waals surface area (Å²) >= 11 is 0. The minimum Gasteiger partial charge on any atom is -0.340 e. The maximum Gasteiger partial charge on any atom is 0.243 e. The first-order valence-electron chi connectivity index (χ1n) is 9.45.